The number of halogens is 3. The molecule has 1 aromatic heterocycles. The van der Waals surface area contributed by atoms with E-state index in [9.17, 15) is 0 Å². The van der Waals surface area contributed by atoms with Crippen LogP contribution in [0.3, 0.4) is 0 Å². The van der Waals surface area contributed by atoms with Crippen molar-refractivity contribution in [3.8, 4) is 5.75 Å². The molecule has 1 heterocycles. The van der Waals surface area contributed by atoms with Crippen molar-refractivity contribution < 1.29 is 4.74 Å². The zero-order valence-corrected chi connectivity index (χ0v) is 12.6. The molecule has 0 unspecified atom stereocenters. The molecule has 0 saturated carbocycles. The average Bonchev–Trinajstić information content (AvgIpc) is 2.28. The molecule has 0 N–H and O–H groups in total. The predicted molar refractivity (Wildman–Crippen MR) is 75.4 cm³/mol. The van der Waals surface area contributed by atoms with Gasteiger partial charge in [0, 0.05) is 4.47 Å². The van der Waals surface area contributed by atoms with Crippen LogP contribution in [0, 0.1) is 0 Å². The van der Waals surface area contributed by atoms with Crippen molar-refractivity contribution in [2.75, 3.05) is 0 Å². The molecule has 2 nitrogen and oxygen atoms in total. The van der Waals surface area contributed by atoms with Gasteiger partial charge >= 0.3 is 0 Å². The van der Waals surface area contributed by atoms with Crippen molar-refractivity contribution in [2.45, 2.75) is 6.61 Å². The summed E-state index contributed by atoms with van der Waals surface area (Å²) in [6.07, 6.45) is 0. The first-order chi connectivity index (χ1) is 8.15. The number of pyridine rings is 1. The van der Waals surface area contributed by atoms with Gasteiger partial charge < -0.3 is 4.74 Å². The maximum absolute atomic E-state index is 5.80. The minimum Gasteiger partial charge on any atom is -0.486 e. The molecular formula is C12H8Br2ClNO. The summed E-state index contributed by atoms with van der Waals surface area (Å²) < 4.78 is 7.54. The van der Waals surface area contributed by atoms with E-state index in [2.05, 4.69) is 36.8 Å². The van der Waals surface area contributed by atoms with Gasteiger partial charge in [-0.2, -0.15) is 0 Å². The first kappa shape index (κ1) is 12.9. The Hall–Kier alpha value is -0.580. The average molecular weight is 377 g/mol. The molecule has 0 fully saturated rings. The maximum Gasteiger partial charge on any atom is 0.134 e. The molecular weight excluding hydrogens is 369 g/mol. The third-order valence-corrected chi connectivity index (χ3v) is 3.37. The van der Waals surface area contributed by atoms with E-state index in [4.69, 9.17) is 16.3 Å². The van der Waals surface area contributed by atoms with Crippen LogP contribution >= 0.6 is 43.5 Å². The van der Waals surface area contributed by atoms with Crippen LogP contribution in [-0.4, -0.2) is 4.98 Å². The molecule has 0 aliphatic heterocycles. The Morgan fingerprint density at radius 2 is 2.00 bits per heavy atom. The Bertz CT molecular complexity index is 534. The van der Waals surface area contributed by atoms with Crippen molar-refractivity contribution in [3.05, 3.63) is 56.2 Å². The Labute approximate surface area is 121 Å². The SMILES string of the molecule is Clc1cccc(COc2ccc(Br)cc2Br)n1. The lowest BCUT2D eigenvalue weighted by atomic mass is 10.3. The van der Waals surface area contributed by atoms with Gasteiger partial charge in [0.25, 0.3) is 0 Å². The topological polar surface area (TPSA) is 22.1 Å². The minimum absolute atomic E-state index is 0.390. The van der Waals surface area contributed by atoms with E-state index in [1.165, 1.54) is 0 Å². The Morgan fingerprint density at radius 3 is 2.71 bits per heavy atom. The molecule has 2 aromatic rings. The lowest BCUT2D eigenvalue weighted by molar-refractivity contribution is 0.299. The first-order valence-corrected chi connectivity index (χ1v) is 6.81. The lowest BCUT2D eigenvalue weighted by Gasteiger charge is -2.08. The van der Waals surface area contributed by atoms with Gasteiger partial charge in [-0.05, 0) is 46.3 Å². The molecule has 0 spiro atoms. The monoisotopic (exact) mass is 375 g/mol. The van der Waals surface area contributed by atoms with E-state index in [1.807, 2.05) is 30.3 Å². The summed E-state index contributed by atoms with van der Waals surface area (Å²) in [7, 11) is 0. The fourth-order valence-corrected chi connectivity index (χ4v) is 2.62. The normalized spacial score (nSPS) is 10.3. The van der Waals surface area contributed by atoms with Gasteiger partial charge in [-0.1, -0.05) is 33.6 Å². The van der Waals surface area contributed by atoms with Crippen LogP contribution in [0.2, 0.25) is 5.15 Å². The van der Waals surface area contributed by atoms with Crippen molar-refractivity contribution in [3.63, 3.8) is 0 Å². The minimum atomic E-state index is 0.390. The van der Waals surface area contributed by atoms with E-state index >= 15 is 0 Å². The van der Waals surface area contributed by atoms with E-state index in [-0.39, 0.29) is 0 Å². The highest BCUT2D eigenvalue weighted by molar-refractivity contribution is 9.11. The molecule has 88 valence electrons. The smallest absolute Gasteiger partial charge is 0.134 e. The first-order valence-electron chi connectivity index (χ1n) is 4.84. The van der Waals surface area contributed by atoms with Gasteiger partial charge in [0.15, 0.2) is 0 Å². The molecule has 0 bridgehead atoms. The Morgan fingerprint density at radius 1 is 1.18 bits per heavy atom. The zero-order chi connectivity index (χ0) is 12.3. The highest BCUT2D eigenvalue weighted by Gasteiger charge is 2.03. The van der Waals surface area contributed by atoms with Crippen LogP contribution in [-0.2, 0) is 6.61 Å². The van der Waals surface area contributed by atoms with Gasteiger partial charge in [0.05, 0.1) is 10.2 Å². The molecule has 1 aromatic carbocycles. The van der Waals surface area contributed by atoms with E-state index in [1.54, 1.807) is 6.07 Å². The van der Waals surface area contributed by atoms with Gasteiger partial charge in [0.2, 0.25) is 0 Å². The van der Waals surface area contributed by atoms with Gasteiger partial charge in [-0.25, -0.2) is 4.98 Å². The number of hydrogen-bond donors (Lipinski definition) is 0. The molecule has 0 saturated heterocycles. The van der Waals surface area contributed by atoms with Crippen molar-refractivity contribution in [2.24, 2.45) is 0 Å². The number of benzene rings is 1. The number of aromatic nitrogens is 1. The van der Waals surface area contributed by atoms with Crippen molar-refractivity contribution in [1.29, 1.82) is 0 Å². The quantitative estimate of drug-likeness (QED) is 0.714. The molecule has 0 amide bonds. The Balaban J connectivity index is 2.07. The molecule has 17 heavy (non-hydrogen) atoms. The largest absolute Gasteiger partial charge is 0.486 e. The third kappa shape index (κ3) is 3.69. The summed E-state index contributed by atoms with van der Waals surface area (Å²) in [5.74, 6) is 0.773. The second kappa shape index (κ2) is 5.85. The van der Waals surface area contributed by atoms with Gasteiger partial charge in [-0.15, -0.1) is 0 Å². The second-order valence-corrected chi connectivity index (χ2v) is 5.47. The highest BCUT2D eigenvalue weighted by atomic mass is 79.9. The van der Waals surface area contributed by atoms with Crippen molar-refractivity contribution in [1.82, 2.24) is 4.98 Å². The van der Waals surface area contributed by atoms with Gasteiger partial charge in [0.1, 0.15) is 17.5 Å². The molecule has 2 rings (SSSR count). The molecule has 0 aliphatic carbocycles. The van der Waals surface area contributed by atoms with E-state index in [0.717, 1.165) is 20.4 Å². The third-order valence-electron chi connectivity index (χ3n) is 2.04. The summed E-state index contributed by atoms with van der Waals surface area (Å²) in [5, 5.41) is 0.473. The summed E-state index contributed by atoms with van der Waals surface area (Å²) >= 11 is 12.6. The summed E-state index contributed by atoms with van der Waals surface area (Å²) in [5.41, 5.74) is 0.798. The van der Waals surface area contributed by atoms with Crippen LogP contribution < -0.4 is 4.74 Å². The van der Waals surface area contributed by atoms with Crippen LogP contribution in [0.4, 0.5) is 0 Å². The van der Waals surface area contributed by atoms with Crippen LogP contribution in [0.5, 0.6) is 5.75 Å². The van der Waals surface area contributed by atoms with Crippen molar-refractivity contribution >= 4 is 43.5 Å². The maximum atomic E-state index is 5.80. The van der Waals surface area contributed by atoms with Crippen LogP contribution in [0.25, 0.3) is 0 Å². The highest BCUT2D eigenvalue weighted by Crippen LogP contribution is 2.28. The second-order valence-electron chi connectivity index (χ2n) is 3.32. The molecule has 0 aliphatic rings. The zero-order valence-electron chi connectivity index (χ0n) is 8.66. The number of nitrogens with zero attached hydrogens (tertiary/aromatic N) is 1. The fourth-order valence-electron chi connectivity index (χ4n) is 1.27. The van der Waals surface area contributed by atoms with Crippen LogP contribution in [0.1, 0.15) is 5.69 Å². The lowest BCUT2D eigenvalue weighted by Crippen LogP contribution is -1.98. The standard InChI is InChI=1S/C12H8Br2ClNO/c13-8-4-5-11(10(14)6-8)17-7-9-2-1-3-12(15)16-9/h1-6H,7H2. The van der Waals surface area contributed by atoms with Gasteiger partial charge in [-0.3, -0.25) is 0 Å². The molecule has 0 atom stereocenters. The molecule has 0 radical (unpaired) electrons. The van der Waals surface area contributed by atoms with E-state index in [0.29, 0.717) is 11.8 Å². The summed E-state index contributed by atoms with van der Waals surface area (Å²) in [6, 6.07) is 11.2. The number of ether oxygens (including phenoxy) is 1. The summed E-state index contributed by atoms with van der Waals surface area (Å²) in [6.45, 7) is 0.390. The summed E-state index contributed by atoms with van der Waals surface area (Å²) in [4.78, 5) is 4.15. The predicted octanol–water partition coefficient (Wildman–Crippen LogP) is 4.84. The van der Waals surface area contributed by atoms with E-state index < -0.39 is 0 Å². The number of hydrogen-bond acceptors (Lipinski definition) is 2. The fraction of sp³-hybridized carbons (Fsp3) is 0.0833. The molecule has 5 heteroatoms. The van der Waals surface area contributed by atoms with Crippen LogP contribution in [0.15, 0.2) is 45.3 Å². The Kier molecular flexibility index (Phi) is 4.42. The number of rotatable bonds is 3.